The quantitative estimate of drug-likeness (QED) is 0.416. The van der Waals surface area contributed by atoms with Gasteiger partial charge < -0.3 is 5.32 Å². The summed E-state index contributed by atoms with van der Waals surface area (Å²) in [5.41, 5.74) is 0. The second-order valence-corrected chi connectivity index (χ2v) is 1.25. The summed E-state index contributed by atoms with van der Waals surface area (Å²) in [4.78, 5) is 13.7. The van der Waals surface area contributed by atoms with E-state index in [4.69, 9.17) is 0 Å². The van der Waals surface area contributed by atoms with E-state index < -0.39 is 0 Å². The fraction of sp³-hybridized carbons (Fsp3) is 0.500. The van der Waals surface area contributed by atoms with Gasteiger partial charge in [-0.1, -0.05) is 0 Å². The van der Waals surface area contributed by atoms with Crippen molar-refractivity contribution in [1.82, 2.24) is 5.32 Å². The van der Waals surface area contributed by atoms with E-state index in [-0.39, 0.29) is 5.91 Å². The van der Waals surface area contributed by atoms with E-state index in [1.807, 2.05) is 0 Å². The Balaban J connectivity index is 2.51. The van der Waals surface area contributed by atoms with Crippen LogP contribution in [0.3, 0.4) is 0 Å². The fourth-order valence-electron chi connectivity index (χ4n) is 0.393. The van der Waals surface area contributed by atoms with Gasteiger partial charge in [-0.2, -0.15) is 0 Å². The van der Waals surface area contributed by atoms with Crippen LogP contribution in [0.4, 0.5) is 0 Å². The molecule has 3 heteroatoms. The first-order valence-electron chi connectivity index (χ1n) is 2.10. The highest BCUT2D eigenvalue weighted by Crippen LogP contribution is 1.72. The summed E-state index contributed by atoms with van der Waals surface area (Å²) in [6.07, 6.45) is 2.26. The van der Waals surface area contributed by atoms with Gasteiger partial charge in [0.1, 0.15) is 0 Å². The molecule has 0 aromatic carbocycles. The molecule has 0 saturated carbocycles. The molecular weight excluding hydrogens is 92.1 g/mol. The lowest BCUT2D eigenvalue weighted by Gasteiger charge is -2.00. The number of nitrogens with one attached hydrogen (secondary N) is 1. The molecular formula is C4H5N2O. The van der Waals surface area contributed by atoms with Crippen molar-refractivity contribution in [2.24, 2.45) is 4.99 Å². The van der Waals surface area contributed by atoms with Crippen molar-refractivity contribution in [2.45, 2.75) is 0 Å². The van der Waals surface area contributed by atoms with E-state index in [1.165, 1.54) is 0 Å². The summed E-state index contributed by atoms with van der Waals surface area (Å²) in [7, 11) is 0. The van der Waals surface area contributed by atoms with Crippen LogP contribution in [-0.4, -0.2) is 25.2 Å². The van der Waals surface area contributed by atoms with Crippen molar-refractivity contribution < 1.29 is 4.79 Å². The molecule has 0 aliphatic carbocycles. The molecule has 1 aliphatic rings. The predicted molar refractivity (Wildman–Crippen MR) is 25.3 cm³/mol. The molecule has 0 atom stereocenters. The van der Waals surface area contributed by atoms with E-state index >= 15 is 0 Å². The molecule has 0 bridgehead atoms. The smallest absolute Gasteiger partial charge is 0.271 e. The second kappa shape index (κ2) is 1.73. The third-order valence-corrected chi connectivity index (χ3v) is 0.690. The van der Waals surface area contributed by atoms with Crippen LogP contribution in [0.5, 0.6) is 0 Å². The fourth-order valence-corrected chi connectivity index (χ4v) is 0.393. The van der Waals surface area contributed by atoms with E-state index in [2.05, 4.69) is 16.5 Å². The van der Waals surface area contributed by atoms with E-state index in [9.17, 15) is 4.79 Å². The normalized spacial score (nSPS) is 19.1. The Labute approximate surface area is 41.4 Å². The van der Waals surface area contributed by atoms with Crippen LogP contribution in [0.1, 0.15) is 0 Å². The molecule has 7 heavy (non-hydrogen) atoms. The number of amides is 1. The Hall–Kier alpha value is -0.860. The van der Waals surface area contributed by atoms with Crippen molar-refractivity contribution in [2.75, 3.05) is 13.1 Å². The van der Waals surface area contributed by atoms with Gasteiger partial charge in [-0.15, -0.1) is 0 Å². The zero-order valence-corrected chi connectivity index (χ0v) is 3.77. The van der Waals surface area contributed by atoms with Gasteiger partial charge in [0.15, 0.2) is 6.21 Å². The molecule has 0 saturated heterocycles. The highest BCUT2D eigenvalue weighted by atomic mass is 16.1. The van der Waals surface area contributed by atoms with Gasteiger partial charge in [-0.3, -0.25) is 9.79 Å². The Morgan fingerprint density at radius 1 is 1.86 bits per heavy atom. The summed E-state index contributed by atoms with van der Waals surface area (Å²) < 4.78 is 0. The molecule has 1 rings (SSSR count). The number of hydrogen-bond donors (Lipinski definition) is 1. The summed E-state index contributed by atoms with van der Waals surface area (Å²) in [5.74, 6) is -0.203. The van der Waals surface area contributed by atoms with Gasteiger partial charge in [-0.05, 0) is 0 Å². The standard InChI is InChI=1S/C4H5N2O/c7-4-3-5-1-2-6-4/h1-2H2,(H,6,7). The highest BCUT2D eigenvalue weighted by Gasteiger charge is 1.98. The first-order valence-corrected chi connectivity index (χ1v) is 2.10. The minimum absolute atomic E-state index is 0.203. The summed E-state index contributed by atoms with van der Waals surface area (Å²) >= 11 is 0. The molecule has 0 fully saturated rings. The summed E-state index contributed by atoms with van der Waals surface area (Å²) in [5, 5.41) is 2.54. The third kappa shape index (κ3) is 0.994. The highest BCUT2D eigenvalue weighted by molar-refractivity contribution is 6.26. The monoisotopic (exact) mass is 97.0 g/mol. The van der Waals surface area contributed by atoms with Crippen LogP contribution >= 0.6 is 0 Å². The lowest BCUT2D eigenvalue weighted by atomic mass is 10.5. The van der Waals surface area contributed by atoms with Gasteiger partial charge in [-0.25, -0.2) is 0 Å². The van der Waals surface area contributed by atoms with Gasteiger partial charge in [0.05, 0.1) is 6.54 Å². The number of hydrogen-bond acceptors (Lipinski definition) is 2. The molecule has 1 N–H and O–H groups in total. The number of rotatable bonds is 0. The van der Waals surface area contributed by atoms with Gasteiger partial charge in [0.25, 0.3) is 5.91 Å². The Morgan fingerprint density at radius 2 is 2.71 bits per heavy atom. The molecule has 3 nitrogen and oxygen atoms in total. The predicted octanol–water partition coefficient (Wildman–Crippen LogP) is -0.936. The van der Waals surface area contributed by atoms with E-state index in [0.29, 0.717) is 13.1 Å². The molecule has 1 amide bonds. The SMILES string of the molecule is O=C1[C]=NCCN1. The lowest BCUT2D eigenvalue weighted by molar-refractivity contribution is -0.114. The number of aliphatic imine (C=N–C) groups is 1. The summed E-state index contributed by atoms with van der Waals surface area (Å²) in [6, 6.07) is 0. The minimum atomic E-state index is -0.203. The molecule has 0 unspecified atom stereocenters. The van der Waals surface area contributed by atoms with Crippen molar-refractivity contribution >= 4 is 12.1 Å². The van der Waals surface area contributed by atoms with Crippen molar-refractivity contribution in [1.29, 1.82) is 0 Å². The largest absolute Gasteiger partial charge is 0.349 e. The first-order chi connectivity index (χ1) is 3.39. The molecule has 1 aliphatic heterocycles. The molecule has 1 heterocycles. The van der Waals surface area contributed by atoms with Crippen LogP contribution in [0.25, 0.3) is 0 Å². The Bertz CT molecular complexity index is 108. The van der Waals surface area contributed by atoms with E-state index in [0.717, 1.165) is 0 Å². The van der Waals surface area contributed by atoms with E-state index in [1.54, 1.807) is 0 Å². The number of carbonyl (C=O) groups excluding carboxylic acids is 1. The van der Waals surface area contributed by atoms with Crippen LogP contribution in [0, 0.1) is 0 Å². The lowest BCUT2D eigenvalue weighted by Crippen LogP contribution is -2.30. The minimum Gasteiger partial charge on any atom is -0.349 e. The molecule has 1 radical (unpaired) electrons. The number of carbonyl (C=O) groups is 1. The van der Waals surface area contributed by atoms with Crippen LogP contribution in [-0.2, 0) is 4.79 Å². The van der Waals surface area contributed by atoms with Crippen LogP contribution in [0.15, 0.2) is 4.99 Å². The third-order valence-electron chi connectivity index (χ3n) is 0.690. The average Bonchev–Trinajstić information content (AvgIpc) is 1.69. The zero-order chi connectivity index (χ0) is 5.11. The summed E-state index contributed by atoms with van der Waals surface area (Å²) in [6.45, 7) is 1.33. The molecule has 0 spiro atoms. The maximum atomic E-state index is 10.1. The second-order valence-electron chi connectivity index (χ2n) is 1.25. The number of nitrogens with zero attached hydrogens (tertiary/aromatic N) is 1. The topological polar surface area (TPSA) is 41.5 Å². The first kappa shape index (κ1) is 4.30. The van der Waals surface area contributed by atoms with Crippen molar-refractivity contribution in [3.05, 3.63) is 0 Å². The molecule has 0 aromatic rings. The maximum absolute atomic E-state index is 10.1. The van der Waals surface area contributed by atoms with Gasteiger partial charge >= 0.3 is 0 Å². The maximum Gasteiger partial charge on any atom is 0.271 e. The molecule has 37 valence electrons. The Kier molecular flexibility index (Phi) is 1.06. The molecule has 0 aromatic heterocycles. The van der Waals surface area contributed by atoms with Crippen LogP contribution < -0.4 is 5.32 Å². The van der Waals surface area contributed by atoms with Gasteiger partial charge in [0, 0.05) is 6.54 Å². The average molecular weight is 97.1 g/mol. The van der Waals surface area contributed by atoms with Crippen molar-refractivity contribution in [3.63, 3.8) is 0 Å². The van der Waals surface area contributed by atoms with Crippen molar-refractivity contribution in [3.8, 4) is 0 Å². The van der Waals surface area contributed by atoms with Crippen LogP contribution in [0.2, 0.25) is 0 Å². The Morgan fingerprint density at radius 3 is 3.00 bits per heavy atom. The zero-order valence-electron chi connectivity index (χ0n) is 3.77. The van der Waals surface area contributed by atoms with Gasteiger partial charge in [0.2, 0.25) is 0 Å².